The third-order valence-electron chi connectivity index (χ3n) is 4.91. The van der Waals surface area contributed by atoms with Crippen LogP contribution in [0.1, 0.15) is 27.3 Å². The number of aromatic nitrogens is 3. The normalized spacial score (nSPS) is 11.5. The molecule has 166 valence electrons. The molecule has 2 N–H and O–H groups in total. The van der Waals surface area contributed by atoms with E-state index in [1.54, 1.807) is 6.07 Å². The van der Waals surface area contributed by atoms with Crippen LogP contribution in [-0.4, -0.2) is 45.7 Å². The van der Waals surface area contributed by atoms with Gasteiger partial charge in [0, 0.05) is 12.1 Å². The standard InChI is InChI=1S/C23H25N5O4/c1-15-9-10-18(11-16(15)2)25-22(30)21-24-14-28(27-21)13-20(29)26-19(23(31)32-3)12-17-7-5-4-6-8-17/h4-11,14,19H,12-13H2,1-3H3,(H,25,30)(H,26,29)/t19-/m0/s1. The SMILES string of the molecule is COC(=O)[C@H](Cc1ccccc1)NC(=O)Cn1cnc(C(=O)Nc2ccc(C)c(C)c2)n1. The number of carbonyl (C=O) groups is 3. The van der Waals surface area contributed by atoms with Crippen LogP contribution < -0.4 is 10.6 Å². The third-order valence-corrected chi connectivity index (χ3v) is 4.91. The molecule has 3 rings (SSSR count). The molecule has 32 heavy (non-hydrogen) atoms. The first-order valence-electron chi connectivity index (χ1n) is 10.0. The quantitative estimate of drug-likeness (QED) is 0.523. The van der Waals surface area contributed by atoms with Crippen molar-refractivity contribution in [3.63, 3.8) is 0 Å². The van der Waals surface area contributed by atoms with Gasteiger partial charge in [0.2, 0.25) is 11.7 Å². The van der Waals surface area contributed by atoms with Crippen molar-refractivity contribution in [2.45, 2.75) is 32.9 Å². The Labute approximate surface area is 185 Å². The van der Waals surface area contributed by atoms with E-state index in [0.717, 1.165) is 16.7 Å². The smallest absolute Gasteiger partial charge is 0.328 e. The fourth-order valence-corrected chi connectivity index (χ4v) is 3.05. The summed E-state index contributed by atoms with van der Waals surface area (Å²) in [6.07, 6.45) is 1.58. The number of rotatable bonds is 8. The average Bonchev–Trinajstić information content (AvgIpc) is 3.24. The summed E-state index contributed by atoms with van der Waals surface area (Å²) in [7, 11) is 1.27. The number of hydrogen-bond donors (Lipinski definition) is 2. The monoisotopic (exact) mass is 435 g/mol. The molecule has 1 aromatic heterocycles. The van der Waals surface area contributed by atoms with E-state index in [-0.39, 0.29) is 12.4 Å². The van der Waals surface area contributed by atoms with Crippen LogP contribution in [-0.2, 0) is 27.3 Å². The van der Waals surface area contributed by atoms with E-state index in [1.807, 2.05) is 56.3 Å². The molecule has 0 aliphatic carbocycles. The molecule has 0 fully saturated rings. The van der Waals surface area contributed by atoms with E-state index < -0.39 is 23.8 Å². The Morgan fingerprint density at radius 2 is 1.81 bits per heavy atom. The minimum Gasteiger partial charge on any atom is -0.467 e. The zero-order valence-corrected chi connectivity index (χ0v) is 18.2. The molecule has 0 bridgehead atoms. The molecule has 0 spiro atoms. The van der Waals surface area contributed by atoms with Crippen LogP contribution in [0.2, 0.25) is 0 Å². The fraction of sp³-hybridized carbons (Fsp3) is 0.261. The van der Waals surface area contributed by atoms with E-state index >= 15 is 0 Å². The second-order valence-electron chi connectivity index (χ2n) is 7.35. The van der Waals surface area contributed by atoms with Gasteiger partial charge < -0.3 is 15.4 Å². The lowest BCUT2D eigenvalue weighted by Gasteiger charge is -2.16. The molecule has 9 heteroatoms. The van der Waals surface area contributed by atoms with Gasteiger partial charge >= 0.3 is 5.97 Å². The molecule has 1 atom stereocenters. The summed E-state index contributed by atoms with van der Waals surface area (Å²) < 4.78 is 6.04. The topological polar surface area (TPSA) is 115 Å². The summed E-state index contributed by atoms with van der Waals surface area (Å²) in [4.78, 5) is 40.9. The molecule has 0 saturated carbocycles. The molecule has 0 aliphatic rings. The van der Waals surface area contributed by atoms with Crippen molar-refractivity contribution < 1.29 is 19.1 Å². The highest BCUT2D eigenvalue weighted by atomic mass is 16.5. The molecule has 0 saturated heterocycles. The van der Waals surface area contributed by atoms with Crippen LogP contribution in [0.25, 0.3) is 0 Å². The zero-order valence-electron chi connectivity index (χ0n) is 18.2. The van der Waals surface area contributed by atoms with E-state index in [2.05, 4.69) is 20.7 Å². The van der Waals surface area contributed by atoms with Crippen LogP contribution in [0.3, 0.4) is 0 Å². The summed E-state index contributed by atoms with van der Waals surface area (Å²) in [6, 6.07) is 14.0. The van der Waals surface area contributed by atoms with Crippen LogP contribution in [0, 0.1) is 13.8 Å². The van der Waals surface area contributed by atoms with Gasteiger partial charge in [-0.25, -0.2) is 14.5 Å². The summed E-state index contributed by atoms with van der Waals surface area (Å²) >= 11 is 0. The average molecular weight is 435 g/mol. The highest BCUT2D eigenvalue weighted by Crippen LogP contribution is 2.14. The number of hydrogen-bond acceptors (Lipinski definition) is 6. The maximum Gasteiger partial charge on any atom is 0.328 e. The molecule has 3 aromatic rings. The first-order valence-corrected chi connectivity index (χ1v) is 10.0. The molecule has 2 aromatic carbocycles. The predicted molar refractivity (Wildman–Crippen MR) is 118 cm³/mol. The largest absolute Gasteiger partial charge is 0.467 e. The summed E-state index contributed by atoms with van der Waals surface area (Å²) in [5.74, 6) is -1.55. The predicted octanol–water partition coefficient (Wildman–Crippen LogP) is 2.05. The lowest BCUT2D eigenvalue weighted by molar-refractivity contribution is -0.145. The Kier molecular flexibility index (Phi) is 7.33. The Balaban J connectivity index is 1.60. The molecule has 0 radical (unpaired) electrons. The van der Waals surface area contributed by atoms with Crippen molar-refractivity contribution in [1.82, 2.24) is 20.1 Å². The van der Waals surface area contributed by atoms with Gasteiger partial charge in [0.1, 0.15) is 18.9 Å². The van der Waals surface area contributed by atoms with Crippen LogP contribution in [0.5, 0.6) is 0 Å². The molecular formula is C23H25N5O4. The Morgan fingerprint density at radius 1 is 1.06 bits per heavy atom. The maximum absolute atomic E-state index is 12.5. The molecular weight excluding hydrogens is 410 g/mol. The number of anilines is 1. The molecule has 1 heterocycles. The number of ether oxygens (including phenoxy) is 1. The molecule has 0 unspecified atom stereocenters. The Morgan fingerprint density at radius 3 is 2.50 bits per heavy atom. The minimum absolute atomic E-state index is 0.0650. The summed E-state index contributed by atoms with van der Waals surface area (Å²) in [5, 5.41) is 9.45. The summed E-state index contributed by atoms with van der Waals surface area (Å²) in [6.45, 7) is 3.74. The van der Waals surface area contributed by atoms with E-state index in [4.69, 9.17) is 4.74 Å². The van der Waals surface area contributed by atoms with Crippen LogP contribution in [0.4, 0.5) is 5.69 Å². The van der Waals surface area contributed by atoms with Gasteiger partial charge in [-0.1, -0.05) is 36.4 Å². The lowest BCUT2D eigenvalue weighted by Crippen LogP contribution is -2.44. The van der Waals surface area contributed by atoms with Crippen LogP contribution in [0.15, 0.2) is 54.9 Å². The van der Waals surface area contributed by atoms with Gasteiger partial charge in [-0.05, 0) is 42.7 Å². The zero-order chi connectivity index (χ0) is 23.1. The second-order valence-corrected chi connectivity index (χ2v) is 7.35. The highest BCUT2D eigenvalue weighted by Gasteiger charge is 2.22. The van der Waals surface area contributed by atoms with E-state index in [1.165, 1.54) is 18.1 Å². The van der Waals surface area contributed by atoms with Gasteiger partial charge in [-0.15, -0.1) is 5.10 Å². The van der Waals surface area contributed by atoms with Gasteiger partial charge in [0.15, 0.2) is 0 Å². The number of nitrogens with zero attached hydrogens (tertiary/aromatic N) is 3. The van der Waals surface area contributed by atoms with Crippen molar-refractivity contribution in [1.29, 1.82) is 0 Å². The minimum atomic E-state index is -0.842. The molecule has 9 nitrogen and oxygen atoms in total. The van der Waals surface area contributed by atoms with Crippen molar-refractivity contribution in [2.75, 3.05) is 12.4 Å². The number of carbonyl (C=O) groups excluding carboxylic acids is 3. The van der Waals surface area contributed by atoms with E-state index in [0.29, 0.717) is 12.1 Å². The number of esters is 1. The first-order chi connectivity index (χ1) is 15.4. The van der Waals surface area contributed by atoms with Crippen molar-refractivity contribution in [3.05, 3.63) is 77.4 Å². The fourth-order valence-electron chi connectivity index (χ4n) is 3.05. The van der Waals surface area contributed by atoms with Crippen molar-refractivity contribution in [3.8, 4) is 0 Å². The van der Waals surface area contributed by atoms with Crippen molar-refractivity contribution >= 4 is 23.5 Å². The van der Waals surface area contributed by atoms with Gasteiger partial charge in [0.05, 0.1) is 7.11 Å². The summed E-state index contributed by atoms with van der Waals surface area (Å²) in [5.41, 5.74) is 3.69. The van der Waals surface area contributed by atoms with E-state index in [9.17, 15) is 14.4 Å². The second kappa shape index (κ2) is 10.3. The molecule has 0 aliphatic heterocycles. The highest BCUT2D eigenvalue weighted by molar-refractivity contribution is 6.01. The maximum atomic E-state index is 12.5. The van der Waals surface area contributed by atoms with Crippen LogP contribution >= 0.6 is 0 Å². The lowest BCUT2D eigenvalue weighted by atomic mass is 10.1. The number of nitrogens with one attached hydrogen (secondary N) is 2. The number of amides is 2. The van der Waals surface area contributed by atoms with Crippen molar-refractivity contribution in [2.24, 2.45) is 0 Å². The van der Waals surface area contributed by atoms with Gasteiger partial charge in [-0.2, -0.15) is 0 Å². The molecule has 2 amide bonds. The number of aryl methyl sites for hydroxylation is 2. The number of benzene rings is 2. The third kappa shape index (κ3) is 6.00. The van der Waals surface area contributed by atoms with Gasteiger partial charge in [-0.3, -0.25) is 9.59 Å². The first kappa shape index (κ1) is 22.7. The van der Waals surface area contributed by atoms with Gasteiger partial charge in [0.25, 0.3) is 5.91 Å². The number of methoxy groups -OCH3 is 1. The Hall–Kier alpha value is -4.01. The Bertz CT molecular complexity index is 1110.